The third-order valence-electron chi connectivity index (χ3n) is 4.29. The zero-order chi connectivity index (χ0) is 20.1. The molecule has 0 aliphatic carbocycles. The van der Waals surface area contributed by atoms with E-state index in [0.717, 1.165) is 11.3 Å². The van der Waals surface area contributed by atoms with Gasteiger partial charge in [0, 0.05) is 37.6 Å². The number of hydrogen-bond donors (Lipinski definition) is 2. The van der Waals surface area contributed by atoms with E-state index in [9.17, 15) is 9.59 Å². The van der Waals surface area contributed by atoms with Crippen LogP contribution in [0.5, 0.6) is 5.75 Å². The van der Waals surface area contributed by atoms with E-state index in [4.69, 9.17) is 4.74 Å². The second-order valence-electron chi connectivity index (χ2n) is 6.34. The molecule has 7 heteroatoms. The molecule has 28 heavy (non-hydrogen) atoms. The summed E-state index contributed by atoms with van der Waals surface area (Å²) in [6.45, 7) is 1.42. The number of carbonyl (C=O) groups excluding carboxylic acids is 2. The van der Waals surface area contributed by atoms with Gasteiger partial charge in [-0.3, -0.25) is 9.59 Å². The predicted octanol–water partition coefficient (Wildman–Crippen LogP) is 2.91. The third kappa shape index (κ3) is 4.37. The highest BCUT2D eigenvalue weighted by molar-refractivity contribution is 5.97. The van der Waals surface area contributed by atoms with Gasteiger partial charge in [0.25, 0.3) is 5.91 Å². The first kappa shape index (κ1) is 19.2. The summed E-state index contributed by atoms with van der Waals surface area (Å²) in [4.78, 5) is 28.6. The molecule has 3 rings (SSSR count). The van der Waals surface area contributed by atoms with Crippen molar-refractivity contribution in [3.8, 4) is 5.75 Å². The quantitative estimate of drug-likeness (QED) is 0.691. The van der Waals surface area contributed by atoms with Crippen molar-refractivity contribution in [2.75, 3.05) is 12.4 Å². The van der Waals surface area contributed by atoms with E-state index < -0.39 is 6.04 Å². The molecule has 2 amide bonds. The van der Waals surface area contributed by atoms with Crippen molar-refractivity contribution in [1.82, 2.24) is 14.9 Å². The Kier molecular flexibility index (Phi) is 5.74. The van der Waals surface area contributed by atoms with Gasteiger partial charge in [0.05, 0.1) is 7.11 Å². The summed E-state index contributed by atoms with van der Waals surface area (Å²) < 4.78 is 7.08. The highest BCUT2D eigenvalue weighted by atomic mass is 16.5. The first-order valence-electron chi connectivity index (χ1n) is 8.77. The van der Waals surface area contributed by atoms with Crippen LogP contribution in [0.15, 0.2) is 60.9 Å². The highest BCUT2D eigenvalue weighted by Crippen LogP contribution is 2.24. The molecule has 1 atom stereocenters. The van der Waals surface area contributed by atoms with Crippen LogP contribution in [-0.4, -0.2) is 28.5 Å². The fourth-order valence-electron chi connectivity index (χ4n) is 2.90. The number of imidazole rings is 1. The standard InChI is InChI=1S/C21H22N4O3/c1-14(26)23-17-6-4-5-16(13-17)21(27)24-19(20-22-11-12-25(20)2)15-7-9-18(28-3)10-8-15/h4-13,19H,1-3H3,(H,23,26)(H,24,27). The number of aromatic nitrogens is 2. The first-order chi connectivity index (χ1) is 13.5. The van der Waals surface area contributed by atoms with E-state index in [1.54, 1.807) is 37.6 Å². The number of methoxy groups -OCH3 is 1. The largest absolute Gasteiger partial charge is 0.497 e. The Hall–Kier alpha value is -3.61. The van der Waals surface area contributed by atoms with Crippen molar-refractivity contribution in [2.24, 2.45) is 7.05 Å². The summed E-state index contributed by atoms with van der Waals surface area (Å²) >= 11 is 0. The Balaban J connectivity index is 1.90. The maximum Gasteiger partial charge on any atom is 0.252 e. The minimum atomic E-state index is -0.442. The maximum absolute atomic E-state index is 12.9. The summed E-state index contributed by atoms with van der Waals surface area (Å²) in [5, 5.41) is 5.72. The van der Waals surface area contributed by atoms with Crippen molar-refractivity contribution >= 4 is 17.5 Å². The number of hydrogen-bond acceptors (Lipinski definition) is 4. The van der Waals surface area contributed by atoms with Crippen molar-refractivity contribution < 1.29 is 14.3 Å². The molecule has 0 aliphatic heterocycles. The van der Waals surface area contributed by atoms with Gasteiger partial charge in [-0.2, -0.15) is 0 Å². The lowest BCUT2D eigenvalue weighted by molar-refractivity contribution is -0.114. The Morgan fingerprint density at radius 2 is 1.89 bits per heavy atom. The average molecular weight is 378 g/mol. The summed E-state index contributed by atoms with van der Waals surface area (Å²) in [6, 6.07) is 13.8. The van der Waals surface area contributed by atoms with Gasteiger partial charge < -0.3 is 19.9 Å². The van der Waals surface area contributed by atoms with Crippen molar-refractivity contribution in [3.05, 3.63) is 77.9 Å². The molecule has 0 spiro atoms. The van der Waals surface area contributed by atoms with Crippen LogP contribution in [0.2, 0.25) is 0 Å². The second kappa shape index (κ2) is 8.39. The monoisotopic (exact) mass is 378 g/mol. The summed E-state index contributed by atoms with van der Waals surface area (Å²) in [6.07, 6.45) is 3.52. The number of rotatable bonds is 6. The molecule has 0 saturated carbocycles. The van der Waals surface area contributed by atoms with Gasteiger partial charge >= 0.3 is 0 Å². The summed E-state index contributed by atoms with van der Waals surface area (Å²) in [7, 11) is 3.48. The number of anilines is 1. The van der Waals surface area contributed by atoms with E-state index in [2.05, 4.69) is 15.6 Å². The Morgan fingerprint density at radius 3 is 2.50 bits per heavy atom. The third-order valence-corrected chi connectivity index (χ3v) is 4.29. The van der Waals surface area contributed by atoms with Crippen LogP contribution in [0.3, 0.4) is 0 Å². The molecule has 0 saturated heterocycles. The zero-order valence-corrected chi connectivity index (χ0v) is 16.0. The Labute approximate surface area is 163 Å². The topological polar surface area (TPSA) is 85.2 Å². The summed E-state index contributed by atoms with van der Waals surface area (Å²) in [5.74, 6) is 0.978. The number of nitrogens with zero attached hydrogens (tertiary/aromatic N) is 2. The van der Waals surface area contributed by atoms with Gasteiger partial charge in [-0.25, -0.2) is 4.98 Å². The molecule has 0 aliphatic rings. The van der Waals surface area contributed by atoms with Crippen molar-refractivity contribution in [2.45, 2.75) is 13.0 Å². The SMILES string of the molecule is COc1ccc(C(NC(=O)c2cccc(NC(C)=O)c2)c2nccn2C)cc1. The maximum atomic E-state index is 12.9. The first-order valence-corrected chi connectivity index (χ1v) is 8.77. The molecule has 1 unspecified atom stereocenters. The lowest BCUT2D eigenvalue weighted by Gasteiger charge is -2.20. The van der Waals surface area contributed by atoms with Crippen LogP contribution >= 0.6 is 0 Å². The zero-order valence-electron chi connectivity index (χ0n) is 16.0. The number of amides is 2. The molecule has 0 radical (unpaired) electrons. The van der Waals surface area contributed by atoms with Gasteiger partial charge in [0.1, 0.15) is 17.6 Å². The number of carbonyl (C=O) groups is 2. The van der Waals surface area contributed by atoms with E-state index in [1.807, 2.05) is 42.1 Å². The molecule has 3 aromatic rings. The lowest BCUT2D eigenvalue weighted by Crippen LogP contribution is -2.31. The van der Waals surface area contributed by atoms with Gasteiger partial charge in [-0.15, -0.1) is 0 Å². The number of aryl methyl sites for hydroxylation is 1. The number of nitrogens with one attached hydrogen (secondary N) is 2. The molecule has 0 fully saturated rings. The van der Waals surface area contributed by atoms with Gasteiger partial charge in [-0.1, -0.05) is 18.2 Å². The molecule has 2 N–H and O–H groups in total. The number of ether oxygens (including phenoxy) is 1. The molecular weight excluding hydrogens is 356 g/mol. The van der Waals surface area contributed by atoms with E-state index >= 15 is 0 Å². The predicted molar refractivity (Wildman–Crippen MR) is 106 cm³/mol. The number of benzene rings is 2. The lowest BCUT2D eigenvalue weighted by atomic mass is 10.0. The molecule has 1 aromatic heterocycles. The molecule has 1 heterocycles. The minimum absolute atomic E-state index is 0.193. The van der Waals surface area contributed by atoms with Crippen molar-refractivity contribution in [3.63, 3.8) is 0 Å². The fourth-order valence-corrected chi connectivity index (χ4v) is 2.90. The van der Waals surface area contributed by atoms with Gasteiger partial charge in [-0.05, 0) is 35.9 Å². The van der Waals surface area contributed by atoms with Crippen LogP contribution in [0, 0.1) is 0 Å². The molecule has 2 aromatic carbocycles. The van der Waals surface area contributed by atoms with Crippen LogP contribution < -0.4 is 15.4 Å². The van der Waals surface area contributed by atoms with E-state index in [0.29, 0.717) is 17.1 Å². The smallest absolute Gasteiger partial charge is 0.252 e. The molecule has 0 bridgehead atoms. The van der Waals surface area contributed by atoms with Crippen LogP contribution in [0.25, 0.3) is 0 Å². The van der Waals surface area contributed by atoms with Gasteiger partial charge in [0.2, 0.25) is 5.91 Å². The Bertz CT molecular complexity index is 979. The van der Waals surface area contributed by atoms with Crippen LogP contribution in [0.1, 0.15) is 34.7 Å². The summed E-state index contributed by atoms with van der Waals surface area (Å²) in [5.41, 5.74) is 1.89. The molecule has 7 nitrogen and oxygen atoms in total. The normalized spacial score (nSPS) is 11.5. The molecular formula is C21H22N4O3. The highest BCUT2D eigenvalue weighted by Gasteiger charge is 2.21. The van der Waals surface area contributed by atoms with Crippen LogP contribution in [0.4, 0.5) is 5.69 Å². The Morgan fingerprint density at radius 1 is 1.14 bits per heavy atom. The average Bonchev–Trinajstić information content (AvgIpc) is 3.11. The van der Waals surface area contributed by atoms with E-state index in [1.165, 1.54) is 6.92 Å². The molecule has 144 valence electrons. The van der Waals surface area contributed by atoms with Crippen LogP contribution in [-0.2, 0) is 11.8 Å². The second-order valence-corrected chi connectivity index (χ2v) is 6.34. The van der Waals surface area contributed by atoms with E-state index in [-0.39, 0.29) is 11.8 Å². The van der Waals surface area contributed by atoms with Gasteiger partial charge in [0.15, 0.2) is 0 Å². The van der Waals surface area contributed by atoms with Crippen molar-refractivity contribution in [1.29, 1.82) is 0 Å². The fraction of sp³-hybridized carbons (Fsp3) is 0.190. The minimum Gasteiger partial charge on any atom is -0.497 e.